The molecule has 0 saturated heterocycles. The van der Waals surface area contributed by atoms with Gasteiger partial charge in [0.2, 0.25) is 0 Å². The quantitative estimate of drug-likeness (QED) is 0.560. The molecular formula is C22H24FN5. The number of hydrogen-bond donors (Lipinski definition) is 3. The largest absolute Gasteiger partial charge is 0.379 e. The van der Waals surface area contributed by atoms with Gasteiger partial charge in [-0.25, -0.2) is 14.4 Å². The molecule has 4 rings (SSSR count). The van der Waals surface area contributed by atoms with Crippen molar-refractivity contribution in [3.8, 4) is 0 Å². The van der Waals surface area contributed by atoms with Crippen molar-refractivity contribution in [2.45, 2.75) is 32.2 Å². The first kappa shape index (κ1) is 18.2. The van der Waals surface area contributed by atoms with Gasteiger partial charge in [0.1, 0.15) is 23.8 Å². The summed E-state index contributed by atoms with van der Waals surface area (Å²) in [6.45, 7) is 4.90. The van der Waals surface area contributed by atoms with Crippen LogP contribution in [0.25, 0.3) is 0 Å². The molecule has 0 spiro atoms. The SMILES string of the molecule is Cc1ccc(F)c2c1C(CCNc1cc(Nc3ccccc3)ncn1)C(C)N2. The lowest BCUT2D eigenvalue weighted by Gasteiger charge is -2.18. The Morgan fingerprint density at radius 2 is 1.86 bits per heavy atom. The predicted molar refractivity (Wildman–Crippen MR) is 112 cm³/mol. The lowest BCUT2D eigenvalue weighted by molar-refractivity contribution is 0.596. The fourth-order valence-corrected chi connectivity index (χ4v) is 3.84. The summed E-state index contributed by atoms with van der Waals surface area (Å²) in [6.07, 6.45) is 2.43. The molecule has 0 aliphatic carbocycles. The lowest BCUT2D eigenvalue weighted by atomic mass is 9.89. The number of hydrogen-bond acceptors (Lipinski definition) is 5. The molecule has 2 unspecified atom stereocenters. The minimum atomic E-state index is -0.171. The Labute approximate surface area is 164 Å². The highest BCUT2D eigenvalue weighted by atomic mass is 19.1. The van der Waals surface area contributed by atoms with Crippen molar-refractivity contribution >= 4 is 23.0 Å². The van der Waals surface area contributed by atoms with Crippen LogP contribution in [0, 0.1) is 12.7 Å². The van der Waals surface area contributed by atoms with E-state index in [9.17, 15) is 4.39 Å². The molecular weight excluding hydrogens is 353 g/mol. The van der Waals surface area contributed by atoms with Crippen LogP contribution in [0.1, 0.15) is 30.4 Å². The van der Waals surface area contributed by atoms with Crippen molar-refractivity contribution < 1.29 is 4.39 Å². The lowest BCUT2D eigenvalue weighted by Crippen LogP contribution is -2.19. The van der Waals surface area contributed by atoms with Gasteiger partial charge < -0.3 is 16.0 Å². The van der Waals surface area contributed by atoms with Crippen LogP contribution in [0.5, 0.6) is 0 Å². The maximum absolute atomic E-state index is 14.1. The summed E-state index contributed by atoms with van der Waals surface area (Å²) in [7, 11) is 0. The summed E-state index contributed by atoms with van der Waals surface area (Å²) < 4.78 is 14.1. The third-order valence-corrected chi connectivity index (χ3v) is 5.23. The number of anilines is 4. The van der Waals surface area contributed by atoms with Gasteiger partial charge in [-0.2, -0.15) is 0 Å². The van der Waals surface area contributed by atoms with Gasteiger partial charge >= 0.3 is 0 Å². The van der Waals surface area contributed by atoms with Gasteiger partial charge in [0.05, 0.1) is 5.69 Å². The van der Waals surface area contributed by atoms with Gasteiger partial charge in [0, 0.05) is 30.3 Å². The third kappa shape index (κ3) is 3.76. The minimum absolute atomic E-state index is 0.171. The first-order valence-electron chi connectivity index (χ1n) is 9.55. The van der Waals surface area contributed by atoms with Gasteiger partial charge in [-0.05, 0) is 49.6 Å². The van der Waals surface area contributed by atoms with E-state index in [4.69, 9.17) is 0 Å². The predicted octanol–water partition coefficient (Wildman–Crippen LogP) is 5.07. The highest BCUT2D eigenvalue weighted by Gasteiger charge is 2.32. The highest BCUT2D eigenvalue weighted by Crippen LogP contribution is 2.41. The number of para-hydroxylation sites is 1. The van der Waals surface area contributed by atoms with Crippen LogP contribution in [0.2, 0.25) is 0 Å². The number of nitrogens with one attached hydrogen (secondary N) is 3. The summed E-state index contributed by atoms with van der Waals surface area (Å²) in [6, 6.07) is 15.4. The Hall–Kier alpha value is -3.15. The van der Waals surface area contributed by atoms with E-state index in [1.807, 2.05) is 49.4 Å². The number of halogens is 1. The van der Waals surface area contributed by atoms with Gasteiger partial charge in [-0.15, -0.1) is 0 Å². The van der Waals surface area contributed by atoms with Crippen LogP contribution in [0.3, 0.4) is 0 Å². The van der Waals surface area contributed by atoms with Crippen molar-refractivity contribution in [3.63, 3.8) is 0 Å². The second-order valence-electron chi connectivity index (χ2n) is 7.19. The fourth-order valence-electron chi connectivity index (χ4n) is 3.84. The zero-order valence-corrected chi connectivity index (χ0v) is 16.0. The Balaban J connectivity index is 1.40. The van der Waals surface area contributed by atoms with E-state index >= 15 is 0 Å². The van der Waals surface area contributed by atoms with Crippen LogP contribution in [-0.2, 0) is 0 Å². The molecule has 2 aromatic carbocycles. The second-order valence-corrected chi connectivity index (χ2v) is 7.19. The van der Waals surface area contributed by atoms with Crippen molar-refractivity contribution in [1.29, 1.82) is 0 Å². The average Bonchev–Trinajstić information content (AvgIpc) is 3.04. The Bertz CT molecular complexity index is 960. The van der Waals surface area contributed by atoms with Crippen LogP contribution in [-0.4, -0.2) is 22.6 Å². The van der Waals surface area contributed by atoms with Gasteiger partial charge in [-0.3, -0.25) is 0 Å². The molecule has 1 aliphatic rings. The number of rotatable bonds is 6. The molecule has 0 bridgehead atoms. The van der Waals surface area contributed by atoms with Crippen LogP contribution >= 0.6 is 0 Å². The van der Waals surface area contributed by atoms with Crippen molar-refractivity contribution in [3.05, 3.63) is 71.8 Å². The van der Waals surface area contributed by atoms with E-state index < -0.39 is 0 Å². The van der Waals surface area contributed by atoms with E-state index in [1.54, 1.807) is 6.33 Å². The zero-order valence-electron chi connectivity index (χ0n) is 16.0. The molecule has 2 heterocycles. The van der Waals surface area contributed by atoms with Crippen LogP contribution in [0.4, 0.5) is 27.4 Å². The highest BCUT2D eigenvalue weighted by molar-refractivity contribution is 5.63. The van der Waals surface area contributed by atoms with Gasteiger partial charge in [0.25, 0.3) is 0 Å². The summed E-state index contributed by atoms with van der Waals surface area (Å²) in [4.78, 5) is 8.57. The van der Waals surface area contributed by atoms with Crippen LogP contribution < -0.4 is 16.0 Å². The molecule has 6 heteroatoms. The molecule has 3 aromatic rings. The molecule has 5 nitrogen and oxygen atoms in total. The summed E-state index contributed by atoms with van der Waals surface area (Å²) in [5.74, 6) is 1.60. The summed E-state index contributed by atoms with van der Waals surface area (Å²) >= 11 is 0. The second kappa shape index (κ2) is 7.84. The minimum Gasteiger partial charge on any atom is -0.379 e. The molecule has 3 N–H and O–H groups in total. The molecule has 0 radical (unpaired) electrons. The van der Waals surface area contributed by atoms with Gasteiger partial charge in [0.15, 0.2) is 0 Å². The number of nitrogens with zero attached hydrogens (tertiary/aromatic N) is 2. The molecule has 144 valence electrons. The monoisotopic (exact) mass is 377 g/mol. The molecule has 2 atom stereocenters. The number of benzene rings is 2. The average molecular weight is 377 g/mol. The standard InChI is InChI=1S/C22H24FN5/c1-14-8-9-18(23)22-21(14)17(15(2)27-22)10-11-24-19-12-20(26-13-25-19)28-16-6-4-3-5-7-16/h3-9,12-13,15,17,27H,10-11H2,1-2H3,(H2,24,25,26,28). The Morgan fingerprint density at radius 3 is 2.68 bits per heavy atom. The summed E-state index contributed by atoms with van der Waals surface area (Å²) in [5, 5.41) is 9.94. The fraction of sp³-hybridized carbons (Fsp3) is 0.273. The van der Waals surface area contributed by atoms with E-state index in [1.165, 1.54) is 6.07 Å². The molecule has 28 heavy (non-hydrogen) atoms. The molecule has 0 fully saturated rings. The van der Waals surface area contributed by atoms with Crippen molar-refractivity contribution in [2.75, 3.05) is 22.5 Å². The van der Waals surface area contributed by atoms with Crippen molar-refractivity contribution in [1.82, 2.24) is 9.97 Å². The normalized spacial score (nSPS) is 17.7. The van der Waals surface area contributed by atoms with Crippen molar-refractivity contribution in [2.24, 2.45) is 0 Å². The van der Waals surface area contributed by atoms with E-state index in [2.05, 4.69) is 32.8 Å². The Morgan fingerprint density at radius 1 is 1.07 bits per heavy atom. The summed E-state index contributed by atoms with van der Waals surface area (Å²) in [5.41, 5.74) is 3.87. The molecule has 1 aliphatic heterocycles. The molecule has 0 saturated carbocycles. The number of fused-ring (bicyclic) bond motifs is 1. The maximum atomic E-state index is 14.1. The smallest absolute Gasteiger partial charge is 0.146 e. The maximum Gasteiger partial charge on any atom is 0.146 e. The van der Waals surface area contributed by atoms with Crippen LogP contribution in [0.15, 0.2) is 54.9 Å². The van der Waals surface area contributed by atoms with E-state index in [0.717, 1.165) is 41.4 Å². The van der Waals surface area contributed by atoms with E-state index in [0.29, 0.717) is 5.69 Å². The van der Waals surface area contributed by atoms with Gasteiger partial charge in [-0.1, -0.05) is 24.3 Å². The first-order chi connectivity index (χ1) is 13.6. The number of aryl methyl sites for hydroxylation is 1. The molecule has 0 amide bonds. The topological polar surface area (TPSA) is 61.9 Å². The number of aromatic nitrogens is 2. The first-order valence-corrected chi connectivity index (χ1v) is 9.55. The van der Waals surface area contributed by atoms with E-state index in [-0.39, 0.29) is 17.8 Å². The zero-order chi connectivity index (χ0) is 19.5. The third-order valence-electron chi connectivity index (χ3n) is 5.23. The Kier molecular flexibility index (Phi) is 5.10. The molecule has 1 aromatic heterocycles.